The first-order chi connectivity index (χ1) is 13.5. The number of carbonyl (C=O) groups excluding carboxylic acids is 2. The molecule has 7 heteroatoms. The summed E-state index contributed by atoms with van der Waals surface area (Å²) < 4.78 is 27.4. The number of nitrogens with one attached hydrogen (secondary N) is 2. The van der Waals surface area contributed by atoms with E-state index in [1.807, 2.05) is 19.1 Å². The molecule has 0 unspecified atom stereocenters. The van der Waals surface area contributed by atoms with Crippen molar-refractivity contribution in [2.24, 2.45) is 0 Å². The Morgan fingerprint density at radius 2 is 1.39 bits per heavy atom. The second kappa shape index (κ2) is 8.39. The molecule has 0 bridgehead atoms. The van der Waals surface area contributed by atoms with Crippen LogP contribution in [0.5, 0.6) is 0 Å². The molecule has 28 heavy (non-hydrogen) atoms. The Hall–Kier alpha value is -3.61. The number of pyridine rings is 1. The molecule has 2 amide bonds. The van der Waals surface area contributed by atoms with Gasteiger partial charge in [-0.25, -0.2) is 13.8 Å². The quantitative estimate of drug-likeness (QED) is 0.687. The highest BCUT2D eigenvalue weighted by molar-refractivity contribution is 6.06. The summed E-state index contributed by atoms with van der Waals surface area (Å²) in [6.45, 7) is 1.97. The smallest absolute Gasteiger partial charge is 0.274 e. The Balaban J connectivity index is 1.80. The number of aryl methyl sites for hydroxylation is 1. The highest BCUT2D eigenvalue weighted by Crippen LogP contribution is 2.19. The van der Waals surface area contributed by atoms with Gasteiger partial charge in [-0.2, -0.15) is 0 Å². The molecule has 1 heterocycles. The van der Waals surface area contributed by atoms with E-state index in [-0.39, 0.29) is 11.4 Å². The van der Waals surface area contributed by atoms with Gasteiger partial charge in [-0.1, -0.05) is 37.3 Å². The van der Waals surface area contributed by atoms with E-state index >= 15 is 0 Å². The zero-order valence-electron chi connectivity index (χ0n) is 15.0. The fourth-order valence-electron chi connectivity index (χ4n) is 2.62. The molecule has 5 nitrogen and oxygen atoms in total. The molecule has 142 valence electrons. The lowest BCUT2D eigenvalue weighted by molar-refractivity contribution is 0.101. The number of rotatable bonds is 5. The van der Waals surface area contributed by atoms with Crippen molar-refractivity contribution in [3.05, 3.63) is 89.2 Å². The maximum absolute atomic E-state index is 13.7. The third kappa shape index (κ3) is 4.20. The van der Waals surface area contributed by atoms with Crippen molar-refractivity contribution < 1.29 is 18.4 Å². The van der Waals surface area contributed by atoms with Gasteiger partial charge in [-0.15, -0.1) is 0 Å². The Morgan fingerprint density at radius 3 is 2.04 bits per heavy atom. The molecule has 0 saturated carbocycles. The van der Waals surface area contributed by atoms with Crippen LogP contribution in [-0.4, -0.2) is 16.8 Å². The van der Waals surface area contributed by atoms with E-state index in [1.165, 1.54) is 24.3 Å². The van der Waals surface area contributed by atoms with Gasteiger partial charge in [0, 0.05) is 5.69 Å². The van der Waals surface area contributed by atoms with E-state index < -0.39 is 29.1 Å². The number of amides is 2. The topological polar surface area (TPSA) is 71.1 Å². The largest absolute Gasteiger partial charge is 0.320 e. The Bertz CT molecular complexity index is 1020. The Kier molecular flexibility index (Phi) is 5.74. The van der Waals surface area contributed by atoms with Crippen LogP contribution in [0, 0.1) is 11.6 Å². The minimum atomic E-state index is -0.904. The number of halogens is 2. The van der Waals surface area contributed by atoms with Crippen LogP contribution in [0.15, 0.2) is 60.7 Å². The highest BCUT2D eigenvalue weighted by Gasteiger charge is 2.16. The van der Waals surface area contributed by atoms with E-state index in [9.17, 15) is 18.4 Å². The molecular formula is C21H17F2N3O2. The first kappa shape index (κ1) is 19.2. The van der Waals surface area contributed by atoms with Gasteiger partial charge in [-0.3, -0.25) is 9.59 Å². The van der Waals surface area contributed by atoms with Crippen molar-refractivity contribution in [3.8, 4) is 0 Å². The molecule has 0 fully saturated rings. The zero-order valence-corrected chi connectivity index (χ0v) is 15.0. The molecule has 0 radical (unpaired) electrons. The molecule has 2 aromatic carbocycles. The standard InChI is InChI=1S/C21H17F2N3O2/c1-2-13-7-3-4-10-16(13)25-20(27)17-11-6-12-18(24-17)21(28)26-19-14(22)8-5-9-15(19)23/h3-12H,2H2,1H3,(H,25,27)(H,26,28). The number of nitrogens with zero attached hydrogens (tertiary/aromatic N) is 1. The molecule has 0 spiro atoms. The van der Waals surface area contributed by atoms with Gasteiger partial charge < -0.3 is 10.6 Å². The van der Waals surface area contributed by atoms with Crippen molar-refractivity contribution in [1.82, 2.24) is 4.98 Å². The fraction of sp³-hybridized carbons (Fsp3) is 0.0952. The summed E-state index contributed by atoms with van der Waals surface area (Å²) in [6.07, 6.45) is 0.737. The SMILES string of the molecule is CCc1ccccc1NC(=O)c1cccc(C(=O)Nc2c(F)cccc2F)n1. The highest BCUT2D eigenvalue weighted by atomic mass is 19.1. The third-order valence-corrected chi connectivity index (χ3v) is 4.06. The van der Waals surface area contributed by atoms with Crippen molar-refractivity contribution in [3.63, 3.8) is 0 Å². The van der Waals surface area contributed by atoms with Crippen LogP contribution >= 0.6 is 0 Å². The van der Waals surface area contributed by atoms with Gasteiger partial charge >= 0.3 is 0 Å². The first-order valence-electron chi connectivity index (χ1n) is 8.61. The van der Waals surface area contributed by atoms with Crippen LogP contribution in [0.25, 0.3) is 0 Å². The third-order valence-electron chi connectivity index (χ3n) is 4.06. The zero-order chi connectivity index (χ0) is 20.1. The van der Waals surface area contributed by atoms with Crippen LogP contribution in [0.3, 0.4) is 0 Å². The lowest BCUT2D eigenvalue weighted by Crippen LogP contribution is -2.19. The minimum Gasteiger partial charge on any atom is -0.320 e. The van der Waals surface area contributed by atoms with Crippen LogP contribution in [0.1, 0.15) is 33.5 Å². The lowest BCUT2D eigenvalue weighted by atomic mass is 10.1. The Labute approximate surface area is 160 Å². The molecule has 2 N–H and O–H groups in total. The summed E-state index contributed by atoms with van der Waals surface area (Å²) in [5.74, 6) is -3.13. The maximum Gasteiger partial charge on any atom is 0.274 e. The van der Waals surface area contributed by atoms with Gasteiger partial charge in [0.1, 0.15) is 28.7 Å². The Morgan fingerprint density at radius 1 is 0.821 bits per heavy atom. The van der Waals surface area contributed by atoms with Crippen LogP contribution < -0.4 is 10.6 Å². The van der Waals surface area contributed by atoms with Gasteiger partial charge in [0.25, 0.3) is 11.8 Å². The fourth-order valence-corrected chi connectivity index (χ4v) is 2.62. The summed E-state index contributed by atoms with van der Waals surface area (Å²) in [7, 11) is 0. The lowest BCUT2D eigenvalue weighted by Gasteiger charge is -2.10. The first-order valence-corrected chi connectivity index (χ1v) is 8.61. The van der Waals surface area contributed by atoms with Crippen LogP contribution in [0.2, 0.25) is 0 Å². The average molecular weight is 381 g/mol. The van der Waals surface area contributed by atoms with E-state index in [2.05, 4.69) is 15.6 Å². The van der Waals surface area contributed by atoms with Crippen LogP contribution in [0.4, 0.5) is 20.2 Å². The maximum atomic E-state index is 13.7. The van der Waals surface area contributed by atoms with E-state index in [4.69, 9.17) is 0 Å². The molecule has 3 aromatic rings. The molecule has 1 aromatic heterocycles. The second-order valence-electron chi connectivity index (χ2n) is 5.92. The van der Waals surface area contributed by atoms with Crippen LogP contribution in [-0.2, 0) is 6.42 Å². The average Bonchev–Trinajstić information content (AvgIpc) is 2.71. The summed E-state index contributed by atoms with van der Waals surface area (Å²) in [6, 6.07) is 14.9. The van der Waals surface area contributed by atoms with Crippen molar-refractivity contribution in [2.45, 2.75) is 13.3 Å². The van der Waals surface area contributed by atoms with E-state index in [0.29, 0.717) is 5.69 Å². The molecule has 0 aliphatic heterocycles. The number of benzene rings is 2. The monoisotopic (exact) mass is 381 g/mol. The second-order valence-corrected chi connectivity index (χ2v) is 5.92. The summed E-state index contributed by atoms with van der Waals surface area (Å²) in [5, 5.41) is 4.90. The summed E-state index contributed by atoms with van der Waals surface area (Å²) >= 11 is 0. The normalized spacial score (nSPS) is 10.4. The molecule has 0 atom stereocenters. The number of hydrogen-bond donors (Lipinski definition) is 2. The number of anilines is 2. The van der Waals surface area contributed by atoms with Crippen molar-refractivity contribution >= 4 is 23.2 Å². The molecular weight excluding hydrogens is 364 g/mol. The molecule has 0 aliphatic rings. The summed E-state index contributed by atoms with van der Waals surface area (Å²) in [5.41, 5.74) is 0.910. The van der Waals surface area contributed by atoms with Gasteiger partial charge in [0.15, 0.2) is 0 Å². The van der Waals surface area contributed by atoms with Gasteiger partial charge in [0.05, 0.1) is 0 Å². The van der Waals surface area contributed by atoms with Crippen molar-refractivity contribution in [2.75, 3.05) is 10.6 Å². The molecule has 0 aliphatic carbocycles. The number of hydrogen-bond acceptors (Lipinski definition) is 3. The minimum absolute atomic E-state index is 0.00700. The van der Waals surface area contributed by atoms with E-state index in [0.717, 1.165) is 24.1 Å². The number of carbonyl (C=O) groups is 2. The molecule has 3 rings (SSSR count). The van der Waals surface area contributed by atoms with E-state index in [1.54, 1.807) is 12.1 Å². The summed E-state index contributed by atoms with van der Waals surface area (Å²) in [4.78, 5) is 28.8. The van der Waals surface area contributed by atoms with Gasteiger partial charge in [-0.05, 0) is 42.3 Å². The predicted molar refractivity (Wildman–Crippen MR) is 102 cm³/mol. The predicted octanol–water partition coefficient (Wildman–Crippen LogP) is 4.43. The van der Waals surface area contributed by atoms with Gasteiger partial charge in [0.2, 0.25) is 0 Å². The van der Waals surface area contributed by atoms with Crippen molar-refractivity contribution in [1.29, 1.82) is 0 Å². The number of aromatic nitrogens is 1. The molecule has 0 saturated heterocycles. The number of para-hydroxylation sites is 2.